The summed E-state index contributed by atoms with van der Waals surface area (Å²) in [6.07, 6.45) is 1.40. The molecule has 0 heterocycles. The van der Waals surface area contributed by atoms with Gasteiger partial charge < -0.3 is 9.47 Å². The highest BCUT2D eigenvalue weighted by Gasteiger charge is 2.09. The summed E-state index contributed by atoms with van der Waals surface area (Å²) in [5.74, 6) is 0. The highest BCUT2D eigenvalue weighted by molar-refractivity contribution is 5.14. The van der Waals surface area contributed by atoms with E-state index in [1.54, 1.807) is 0 Å². The fourth-order valence-electron chi connectivity index (χ4n) is 1.91. The molecule has 0 fully saturated rings. The molecule has 2 rings (SSSR count). The van der Waals surface area contributed by atoms with Crippen molar-refractivity contribution in [3.63, 3.8) is 0 Å². The quantitative estimate of drug-likeness (QED) is 0.663. The largest absolute Gasteiger partial charge is 0.348 e. The van der Waals surface area contributed by atoms with Gasteiger partial charge in [-0.05, 0) is 24.0 Å². The molecule has 0 aliphatic carbocycles. The van der Waals surface area contributed by atoms with Crippen LogP contribution in [0.2, 0.25) is 0 Å². The Morgan fingerprint density at radius 1 is 0.750 bits per heavy atom. The van der Waals surface area contributed by atoms with Crippen molar-refractivity contribution in [3.05, 3.63) is 78.7 Å². The lowest BCUT2D eigenvalue weighted by molar-refractivity contribution is -0.159. The first-order valence-corrected chi connectivity index (χ1v) is 6.99. The Balaban J connectivity index is 1.81. The van der Waals surface area contributed by atoms with Crippen LogP contribution in [0.3, 0.4) is 0 Å². The maximum atomic E-state index is 5.83. The lowest BCUT2D eigenvalue weighted by Crippen LogP contribution is -2.17. The summed E-state index contributed by atoms with van der Waals surface area (Å²) >= 11 is 0. The number of hydrogen-bond donors (Lipinski definition) is 0. The van der Waals surface area contributed by atoms with E-state index >= 15 is 0 Å². The lowest BCUT2D eigenvalue weighted by Gasteiger charge is -2.18. The predicted octanol–water partition coefficient (Wildman–Crippen LogP) is 4.36. The Morgan fingerprint density at radius 3 is 1.60 bits per heavy atom. The monoisotopic (exact) mass is 269 g/mol. The molecule has 2 aromatic rings. The van der Waals surface area contributed by atoms with Gasteiger partial charge in [0.25, 0.3) is 0 Å². The van der Waals surface area contributed by atoms with Gasteiger partial charge in [-0.1, -0.05) is 67.6 Å². The molecule has 0 saturated carbocycles. The van der Waals surface area contributed by atoms with E-state index in [4.69, 9.17) is 9.47 Å². The zero-order valence-electron chi connectivity index (χ0n) is 11.7. The van der Waals surface area contributed by atoms with Crippen LogP contribution in [0.1, 0.15) is 24.0 Å². The van der Waals surface area contributed by atoms with Gasteiger partial charge in [-0.2, -0.15) is 0 Å². The van der Waals surface area contributed by atoms with Crippen molar-refractivity contribution in [1.29, 1.82) is 0 Å². The minimum absolute atomic E-state index is 0.201. The van der Waals surface area contributed by atoms with Crippen molar-refractivity contribution in [3.8, 4) is 0 Å². The molecule has 0 N–H and O–H groups in total. The predicted molar refractivity (Wildman–Crippen MR) is 80.8 cm³/mol. The van der Waals surface area contributed by atoms with E-state index in [1.807, 2.05) is 36.4 Å². The molecule has 0 saturated heterocycles. The maximum Gasteiger partial charge on any atom is 0.158 e. The Labute approximate surface area is 121 Å². The minimum atomic E-state index is -0.201. The fourth-order valence-corrected chi connectivity index (χ4v) is 1.91. The van der Waals surface area contributed by atoms with Crippen molar-refractivity contribution < 1.29 is 9.47 Å². The summed E-state index contributed by atoms with van der Waals surface area (Å²) in [6.45, 7) is 5.01. The van der Waals surface area contributed by atoms with E-state index in [9.17, 15) is 0 Å². The van der Waals surface area contributed by atoms with E-state index in [0.29, 0.717) is 13.2 Å². The van der Waals surface area contributed by atoms with Gasteiger partial charge in [0.2, 0.25) is 0 Å². The van der Waals surface area contributed by atoms with Gasteiger partial charge in [-0.3, -0.25) is 0 Å². The smallest absolute Gasteiger partial charge is 0.158 e. The SMILES string of the molecule is [CH2]CCC(OCc1ccccc1)OCc1ccccc1. The van der Waals surface area contributed by atoms with E-state index in [-0.39, 0.29) is 6.29 Å². The van der Waals surface area contributed by atoms with Gasteiger partial charge in [0.15, 0.2) is 6.29 Å². The Morgan fingerprint density at radius 2 is 1.20 bits per heavy atom. The number of ether oxygens (including phenoxy) is 2. The van der Waals surface area contributed by atoms with Gasteiger partial charge in [0.1, 0.15) is 0 Å². The molecule has 0 aromatic heterocycles. The van der Waals surface area contributed by atoms with Gasteiger partial charge in [-0.15, -0.1) is 0 Å². The first-order valence-electron chi connectivity index (χ1n) is 6.99. The summed E-state index contributed by atoms with van der Waals surface area (Å²) in [5.41, 5.74) is 2.31. The maximum absolute atomic E-state index is 5.83. The van der Waals surface area contributed by atoms with Crippen molar-refractivity contribution in [1.82, 2.24) is 0 Å². The van der Waals surface area contributed by atoms with E-state index in [1.165, 1.54) is 0 Å². The molecule has 2 nitrogen and oxygen atoms in total. The first-order chi connectivity index (χ1) is 9.88. The fraction of sp³-hybridized carbons (Fsp3) is 0.278. The summed E-state index contributed by atoms with van der Waals surface area (Å²) in [7, 11) is 0. The minimum Gasteiger partial charge on any atom is -0.348 e. The van der Waals surface area contributed by atoms with Crippen LogP contribution in [0.5, 0.6) is 0 Å². The summed E-state index contributed by atoms with van der Waals surface area (Å²) in [6, 6.07) is 20.3. The molecule has 0 unspecified atom stereocenters. The van der Waals surface area contributed by atoms with Gasteiger partial charge in [-0.25, -0.2) is 0 Å². The molecule has 0 atom stereocenters. The number of benzene rings is 2. The average molecular weight is 269 g/mol. The Kier molecular flexibility index (Phi) is 6.28. The molecular weight excluding hydrogens is 248 g/mol. The molecule has 0 spiro atoms. The van der Waals surface area contributed by atoms with Crippen LogP contribution in [0.4, 0.5) is 0 Å². The second-order valence-corrected chi connectivity index (χ2v) is 4.66. The van der Waals surface area contributed by atoms with Crippen LogP contribution in [0, 0.1) is 6.92 Å². The molecule has 2 aromatic carbocycles. The zero-order chi connectivity index (χ0) is 14.0. The summed E-state index contributed by atoms with van der Waals surface area (Å²) in [4.78, 5) is 0. The summed E-state index contributed by atoms with van der Waals surface area (Å²) < 4.78 is 11.7. The van der Waals surface area contributed by atoms with E-state index < -0.39 is 0 Å². The van der Waals surface area contributed by atoms with E-state index in [0.717, 1.165) is 24.0 Å². The topological polar surface area (TPSA) is 18.5 Å². The van der Waals surface area contributed by atoms with Crippen molar-refractivity contribution in [2.75, 3.05) is 0 Å². The number of rotatable bonds is 8. The molecule has 0 aliphatic heterocycles. The highest BCUT2D eigenvalue weighted by atomic mass is 16.7. The van der Waals surface area contributed by atoms with Crippen LogP contribution >= 0.6 is 0 Å². The van der Waals surface area contributed by atoms with Crippen molar-refractivity contribution >= 4 is 0 Å². The third-order valence-corrected chi connectivity index (χ3v) is 3.00. The van der Waals surface area contributed by atoms with Crippen molar-refractivity contribution in [2.24, 2.45) is 0 Å². The van der Waals surface area contributed by atoms with Crippen molar-refractivity contribution in [2.45, 2.75) is 32.3 Å². The summed E-state index contributed by atoms with van der Waals surface area (Å²) in [5, 5.41) is 0. The third-order valence-electron chi connectivity index (χ3n) is 3.00. The second kappa shape index (κ2) is 8.51. The average Bonchev–Trinajstić information content (AvgIpc) is 2.52. The Hall–Kier alpha value is -1.64. The van der Waals surface area contributed by atoms with Crippen LogP contribution in [-0.4, -0.2) is 6.29 Å². The van der Waals surface area contributed by atoms with Crippen LogP contribution in [0.25, 0.3) is 0 Å². The van der Waals surface area contributed by atoms with Gasteiger partial charge in [0.05, 0.1) is 13.2 Å². The lowest BCUT2D eigenvalue weighted by atomic mass is 10.2. The zero-order valence-corrected chi connectivity index (χ0v) is 11.7. The molecular formula is C18H21O2. The number of hydrogen-bond acceptors (Lipinski definition) is 2. The van der Waals surface area contributed by atoms with Crippen LogP contribution in [0.15, 0.2) is 60.7 Å². The molecule has 1 radical (unpaired) electrons. The van der Waals surface area contributed by atoms with E-state index in [2.05, 4.69) is 31.2 Å². The molecule has 0 bridgehead atoms. The third kappa shape index (κ3) is 5.16. The highest BCUT2D eigenvalue weighted by Crippen LogP contribution is 2.11. The van der Waals surface area contributed by atoms with Gasteiger partial charge >= 0.3 is 0 Å². The van der Waals surface area contributed by atoms with Crippen LogP contribution in [-0.2, 0) is 22.7 Å². The second-order valence-electron chi connectivity index (χ2n) is 4.66. The first kappa shape index (κ1) is 14.8. The standard InChI is InChI=1S/C18H21O2/c1-2-9-18(19-14-16-10-5-3-6-11-16)20-15-17-12-7-4-8-13-17/h3-8,10-13,18H,1-2,9,14-15H2. The molecule has 0 amide bonds. The molecule has 105 valence electrons. The molecule has 20 heavy (non-hydrogen) atoms. The van der Waals surface area contributed by atoms with Gasteiger partial charge in [0, 0.05) is 0 Å². The Bertz CT molecular complexity index is 424. The molecule has 2 heteroatoms. The molecule has 0 aliphatic rings. The normalized spacial score (nSPS) is 10.9. The van der Waals surface area contributed by atoms with Crippen LogP contribution < -0.4 is 0 Å².